The Hall–Kier alpha value is -1.86. The molecule has 4 N–H and O–H groups in total. The zero-order valence-corrected chi connectivity index (χ0v) is 13.0. The van der Waals surface area contributed by atoms with Crippen molar-refractivity contribution in [3.05, 3.63) is 35.2 Å². The van der Waals surface area contributed by atoms with Gasteiger partial charge in [-0.15, -0.1) is 10.2 Å². The molecule has 1 aromatic heterocycles. The van der Waals surface area contributed by atoms with Gasteiger partial charge in [0.05, 0.1) is 18.7 Å². The molecule has 0 spiro atoms. The molecular formula is C14H19N4O2S+. The minimum absolute atomic E-state index is 0.0920. The Morgan fingerprint density at radius 1 is 1.38 bits per heavy atom. The van der Waals surface area contributed by atoms with Crippen LogP contribution in [0.15, 0.2) is 27.8 Å². The number of nitrogens with zero attached hydrogens (tertiary/aromatic N) is 2. The van der Waals surface area contributed by atoms with E-state index in [1.807, 2.05) is 32.0 Å². The van der Waals surface area contributed by atoms with Crippen LogP contribution >= 0.6 is 11.8 Å². The van der Waals surface area contributed by atoms with Crippen LogP contribution in [0.1, 0.15) is 17.0 Å². The average Bonchev–Trinajstić information content (AvgIpc) is 2.89. The Kier molecular flexibility index (Phi) is 5.35. The highest BCUT2D eigenvalue weighted by molar-refractivity contribution is 7.99. The van der Waals surface area contributed by atoms with Crippen LogP contribution in [0.4, 0.5) is 5.69 Å². The number of carbonyl (C=O) groups excluding carboxylic acids is 1. The van der Waals surface area contributed by atoms with Gasteiger partial charge in [-0.05, 0) is 31.0 Å². The molecular weight excluding hydrogens is 288 g/mol. The van der Waals surface area contributed by atoms with Gasteiger partial charge in [-0.25, -0.2) is 0 Å². The number of hydrogen-bond acceptors (Lipinski definition) is 5. The summed E-state index contributed by atoms with van der Waals surface area (Å²) < 4.78 is 5.39. The average molecular weight is 307 g/mol. The van der Waals surface area contributed by atoms with Crippen molar-refractivity contribution in [2.75, 3.05) is 17.6 Å². The molecule has 2 aromatic rings. The monoisotopic (exact) mass is 307 g/mol. The van der Waals surface area contributed by atoms with Crippen LogP contribution in [-0.4, -0.2) is 28.4 Å². The van der Waals surface area contributed by atoms with Gasteiger partial charge in [0.15, 0.2) is 0 Å². The van der Waals surface area contributed by atoms with Crippen LogP contribution in [0.2, 0.25) is 0 Å². The first-order valence-electron chi connectivity index (χ1n) is 6.70. The lowest BCUT2D eigenvalue weighted by Crippen LogP contribution is -2.51. The lowest BCUT2D eigenvalue weighted by molar-refractivity contribution is -0.367. The van der Waals surface area contributed by atoms with E-state index in [0.29, 0.717) is 24.1 Å². The first-order chi connectivity index (χ1) is 10.1. The first-order valence-corrected chi connectivity index (χ1v) is 7.68. The lowest BCUT2D eigenvalue weighted by Gasteiger charge is -2.08. The molecule has 0 aliphatic carbocycles. The number of anilines is 1. The second-order valence-electron chi connectivity index (χ2n) is 4.72. The summed E-state index contributed by atoms with van der Waals surface area (Å²) in [5, 5.41) is 11.1. The highest BCUT2D eigenvalue weighted by atomic mass is 32.2. The van der Waals surface area contributed by atoms with Crippen molar-refractivity contribution < 1.29 is 14.9 Å². The van der Waals surface area contributed by atoms with Gasteiger partial charge in [0.25, 0.3) is 5.22 Å². The lowest BCUT2D eigenvalue weighted by atomic mass is 10.1. The third kappa shape index (κ3) is 4.57. The van der Waals surface area contributed by atoms with E-state index in [4.69, 9.17) is 4.42 Å². The number of rotatable bonds is 6. The van der Waals surface area contributed by atoms with Crippen molar-refractivity contribution in [2.24, 2.45) is 0 Å². The van der Waals surface area contributed by atoms with Gasteiger partial charge in [0.1, 0.15) is 0 Å². The summed E-state index contributed by atoms with van der Waals surface area (Å²) in [6, 6.07) is 5.96. The third-order valence-corrected chi connectivity index (χ3v) is 3.65. The number of amides is 1. The number of aryl methyl sites for hydroxylation is 2. The second-order valence-corrected chi connectivity index (χ2v) is 5.65. The van der Waals surface area contributed by atoms with Gasteiger partial charge in [0, 0.05) is 5.69 Å². The SMILES string of the molecule is Cc1ccc(C)c(NC(=O)CSc2nnc(CC[NH3+])o2)c1. The molecule has 6 nitrogen and oxygen atoms in total. The van der Waals surface area contributed by atoms with Gasteiger partial charge >= 0.3 is 0 Å². The molecule has 7 heteroatoms. The molecule has 112 valence electrons. The number of quaternary nitrogens is 1. The molecule has 0 saturated carbocycles. The van der Waals surface area contributed by atoms with Crippen molar-refractivity contribution >= 4 is 23.4 Å². The fourth-order valence-electron chi connectivity index (χ4n) is 1.73. The van der Waals surface area contributed by atoms with Crippen molar-refractivity contribution in [3.8, 4) is 0 Å². The molecule has 1 amide bonds. The molecule has 21 heavy (non-hydrogen) atoms. The number of carbonyl (C=O) groups is 1. The van der Waals surface area contributed by atoms with Gasteiger partial charge in [0.2, 0.25) is 11.8 Å². The van der Waals surface area contributed by atoms with E-state index in [9.17, 15) is 4.79 Å². The van der Waals surface area contributed by atoms with Crippen LogP contribution in [0, 0.1) is 13.8 Å². The Labute approximate surface area is 127 Å². The topological polar surface area (TPSA) is 95.7 Å². The molecule has 0 radical (unpaired) electrons. The van der Waals surface area contributed by atoms with Crippen LogP contribution in [0.3, 0.4) is 0 Å². The fraction of sp³-hybridized carbons (Fsp3) is 0.357. The third-order valence-electron chi connectivity index (χ3n) is 2.83. The van der Waals surface area contributed by atoms with E-state index in [1.165, 1.54) is 11.8 Å². The van der Waals surface area contributed by atoms with Gasteiger partial charge in [-0.2, -0.15) is 0 Å². The summed E-state index contributed by atoms with van der Waals surface area (Å²) in [6.45, 7) is 4.66. The summed E-state index contributed by atoms with van der Waals surface area (Å²) in [4.78, 5) is 12.0. The normalized spacial score (nSPS) is 10.6. The smallest absolute Gasteiger partial charge is 0.277 e. The summed E-state index contributed by atoms with van der Waals surface area (Å²) in [5.74, 6) is 0.701. The summed E-state index contributed by atoms with van der Waals surface area (Å²) in [5.41, 5.74) is 6.71. The summed E-state index contributed by atoms with van der Waals surface area (Å²) in [7, 11) is 0. The van der Waals surface area contributed by atoms with Crippen molar-refractivity contribution in [1.82, 2.24) is 10.2 Å². The first kappa shape index (κ1) is 15.5. The van der Waals surface area contributed by atoms with E-state index in [2.05, 4.69) is 21.2 Å². The zero-order chi connectivity index (χ0) is 15.2. The fourth-order valence-corrected chi connectivity index (χ4v) is 2.31. The molecule has 0 fully saturated rings. The minimum Gasteiger partial charge on any atom is -0.416 e. The van der Waals surface area contributed by atoms with Crippen molar-refractivity contribution in [1.29, 1.82) is 0 Å². The highest BCUT2D eigenvalue weighted by Gasteiger charge is 2.10. The standard InChI is InChI=1S/C14H18N4O2S/c1-9-3-4-10(2)11(7-9)16-12(19)8-21-14-18-17-13(20-14)5-6-15/h3-4,7H,5-6,8,15H2,1-2H3,(H,16,19)/p+1. The number of benzene rings is 1. The predicted octanol–water partition coefficient (Wildman–Crippen LogP) is 1.20. The quantitative estimate of drug-likeness (QED) is 0.782. The molecule has 2 rings (SSSR count). The zero-order valence-electron chi connectivity index (χ0n) is 12.2. The maximum absolute atomic E-state index is 12.0. The molecule has 0 unspecified atom stereocenters. The van der Waals surface area contributed by atoms with E-state index < -0.39 is 0 Å². The van der Waals surface area contributed by atoms with E-state index in [-0.39, 0.29) is 11.7 Å². The predicted molar refractivity (Wildman–Crippen MR) is 81.0 cm³/mol. The van der Waals surface area contributed by atoms with Crippen LogP contribution in [0.25, 0.3) is 0 Å². The molecule has 0 aliphatic rings. The van der Waals surface area contributed by atoms with Gasteiger partial charge in [-0.3, -0.25) is 4.79 Å². The molecule has 0 atom stereocenters. The maximum Gasteiger partial charge on any atom is 0.277 e. The number of thioether (sulfide) groups is 1. The highest BCUT2D eigenvalue weighted by Crippen LogP contribution is 2.19. The van der Waals surface area contributed by atoms with Gasteiger partial charge < -0.3 is 15.5 Å². The maximum atomic E-state index is 12.0. The molecule has 0 saturated heterocycles. The summed E-state index contributed by atoms with van der Waals surface area (Å²) in [6.07, 6.45) is 0.655. The number of hydrogen-bond donors (Lipinski definition) is 2. The van der Waals surface area contributed by atoms with Crippen LogP contribution in [-0.2, 0) is 11.2 Å². The van der Waals surface area contributed by atoms with Crippen LogP contribution in [0.5, 0.6) is 0 Å². The van der Waals surface area contributed by atoms with Crippen molar-refractivity contribution in [2.45, 2.75) is 25.5 Å². The van der Waals surface area contributed by atoms with Crippen LogP contribution < -0.4 is 11.1 Å². The van der Waals surface area contributed by atoms with E-state index in [0.717, 1.165) is 16.8 Å². The Morgan fingerprint density at radius 3 is 2.95 bits per heavy atom. The minimum atomic E-state index is -0.0920. The Morgan fingerprint density at radius 2 is 2.19 bits per heavy atom. The largest absolute Gasteiger partial charge is 0.416 e. The van der Waals surface area contributed by atoms with E-state index >= 15 is 0 Å². The Balaban J connectivity index is 1.88. The number of nitrogens with one attached hydrogen (secondary N) is 1. The second kappa shape index (κ2) is 7.24. The molecule has 0 bridgehead atoms. The number of aromatic nitrogens is 2. The summed E-state index contributed by atoms with van der Waals surface area (Å²) >= 11 is 1.23. The van der Waals surface area contributed by atoms with Crippen molar-refractivity contribution in [3.63, 3.8) is 0 Å². The van der Waals surface area contributed by atoms with Gasteiger partial charge in [-0.1, -0.05) is 23.9 Å². The Bertz CT molecular complexity index is 627. The molecule has 1 aromatic carbocycles. The molecule has 0 aliphatic heterocycles. The molecule has 1 heterocycles. The van der Waals surface area contributed by atoms with E-state index in [1.54, 1.807) is 0 Å².